The molecule has 0 saturated carbocycles. The van der Waals surface area contributed by atoms with Gasteiger partial charge in [-0.3, -0.25) is 0 Å². The molecule has 0 aromatic carbocycles. The van der Waals surface area contributed by atoms with Crippen LogP contribution in [0.2, 0.25) is 0 Å². The Morgan fingerprint density at radius 1 is 0.406 bits per heavy atom. The molecule has 0 aliphatic carbocycles. The Morgan fingerprint density at radius 3 is 1.16 bits per heavy atom. The van der Waals surface area contributed by atoms with E-state index in [-0.39, 0.29) is 0 Å². The van der Waals surface area contributed by atoms with Gasteiger partial charge in [-0.1, -0.05) is 136 Å². The van der Waals surface area contributed by atoms with E-state index >= 15 is 0 Å². The highest BCUT2D eigenvalue weighted by Crippen LogP contribution is 2.23. The monoisotopic (exact) mass is 448 g/mol. The Balaban J connectivity index is 2.00. The Morgan fingerprint density at radius 2 is 0.719 bits per heavy atom. The van der Waals surface area contributed by atoms with Crippen molar-refractivity contribution in [3.8, 4) is 0 Å². The van der Waals surface area contributed by atoms with Crippen molar-refractivity contribution in [3.63, 3.8) is 0 Å². The van der Waals surface area contributed by atoms with E-state index in [0.29, 0.717) is 6.17 Å². The van der Waals surface area contributed by atoms with Gasteiger partial charge in [0.25, 0.3) is 0 Å². The van der Waals surface area contributed by atoms with E-state index in [4.69, 9.17) is 0 Å². The lowest BCUT2D eigenvalue weighted by molar-refractivity contribution is 0.136. The molecule has 1 heterocycles. The van der Waals surface area contributed by atoms with Crippen LogP contribution >= 0.6 is 0 Å². The van der Waals surface area contributed by atoms with Crippen molar-refractivity contribution in [3.05, 3.63) is 12.4 Å². The SMILES string of the molecule is CCCCCCCCCCCCCCCCCN1C=CN(CCCCC)C1CCCCC. The third kappa shape index (κ3) is 15.2. The van der Waals surface area contributed by atoms with Gasteiger partial charge in [-0.05, 0) is 25.7 Å². The highest BCUT2D eigenvalue weighted by molar-refractivity contribution is 4.96. The summed E-state index contributed by atoms with van der Waals surface area (Å²) in [5, 5.41) is 0. The summed E-state index contributed by atoms with van der Waals surface area (Å²) in [4.78, 5) is 5.29. The van der Waals surface area contributed by atoms with Crippen LogP contribution in [0, 0.1) is 0 Å². The summed E-state index contributed by atoms with van der Waals surface area (Å²) in [6.45, 7) is 9.44. The van der Waals surface area contributed by atoms with Gasteiger partial charge in [0.05, 0.1) is 0 Å². The molecule has 1 unspecified atom stereocenters. The van der Waals surface area contributed by atoms with Gasteiger partial charge >= 0.3 is 0 Å². The lowest BCUT2D eigenvalue weighted by Gasteiger charge is -2.33. The highest BCUT2D eigenvalue weighted by Gasteiger charge is 2.24. The third-order valence-corrected chi connectivity index (χ3v) is 7.32. The molecule has 0 N–H and O–H groups in total. The molecule has 0 spiro atoms. The largest absolute Gasteiger partial charge is 0.356 e. The summed E-state index contributed by atoms with van der Waals surface area (Å²) in [6, 6.07) is 0. The van der Waals surface area contributed by atoms with Crippen LogP contribution in [0.1, 0.15) is 162 Å². The number of nitrogens with zero attached hydrogens (tertiary/aromatic N) is 2. The molecule has 0 aromatic rings. The zero-order valence-electron chi connectivity index (χ0n) is 22.6. The molecule has 0 fully saturated rings. The fourth-order valence-electron chi connectivity index (χ4n) is 5.13. The van der Waals surface area contributed by atoms with Gasteiger partial charge in [0.15, 0.2) is 0 Å². The van der Waals surface area contributed by atoms with Gasteiger partial charge in [0, 0.05) is 25.5 Å². The van der Waals surface area contributed by atoms with E-state index < -0.39 is 0 Å². The first-order valence-electron chi connectivity index (χ1n) is 15.0. The molecule has 32 heavy (non-hydrogen) atoms. The van der Waals surface area contributed by atoms with Gasteiger partial charge in [-0.2, -0.15) is 0 Å². The van der Waals surface area contributed by atoms with Crippen LogP contribution in [0.25, 0.3) is 0 Å². The zero-order valence-corrected chi connectivity index (χ0v) is 22.6. The van der Waals surface area contributed by atoms with Crippen LogP contribution in [0.5, 0.6) is 0 Å². The summed E-state index contributed by atoms with van der Waals surface area (Å²) < 4.78 is 0. The maximum Gasteiger partial charge on any atom is 0.101 e. The molecule has 190 valence electrons. The molecular weight excluding hydrogens is 388 g/mol. The lowest BCUT2D eigenvalue weighted by atomic mass is 10.0. The van der Waals surface area contributed by atoms with Crippen LogP contribution in [0.15, 0.2) is 12.4 Å². The molecule has 0 bridgehead atoms. The second-order valence-electron chi connectivity index (χ2n) is 10.4. The molecule has 2 heteroatoms. The van der Waals surface area contributed by atoms with Crippen molar-refractivity contribution < 1.29 is 0 Å². The first kappa shape index (κ1) is 29.4. The van der Waals surface area contributed by atoms with E-state index in [1.807, 2.05) is 0 Å². The summed E-state index contributed by atoms with van der Waals surface area (Å²) >= 11 is 0. The van der Waals surface area contributed by atoms with E-state index in [9.17, 15) is 0 Å². The average Bonchev–Trinajstić information content (AvgIpc) is 3.18. The van der Waals surface area contributed by atoms with Crippen molar-refractivity contribution in [1.29, 1.82) is 0 Å². The Kier molecular flexibility index (Phi) is 20.3. The summed E-state index contributed by atoms with van der Waals surface area (Å²) in [6.07, 6.45) is 36.6. The predicted octanol–water partition coefficient (Wildman–Crippen LogP) is 10.0. The Bertz CT molecular complexity index is 406. The summed E-state index contributed by atoms with van der Waals surface area (Å²) in [7, 11) is 0. The molecule has 1 aliphatic rings. The fourth-order valence-corrected chi connectivity index (χ4v) is 5.13. The molecule has 0 saturated heterocycles. The van der Waals surface area contributed by atoms with Crippen molar-refractivity contribution in [2.75, 3.05) is 13.1 Å². The van der Waals surface area contributed by atoms with Crippen molar-refractivity contribution in [1.82, 2.24) is 9.80 Å². The molecule has 1 aliphatic heterocycles. The number of hydrogen-bond acceptors (Lipinski definition) is 2. The van der Waals surface area contributed by atoms with Crippen LogP contribution in [0.3, 0.4) is 0 Å². The van der Waals surface area contributed by atoms with Crippen LogP contribution < -0.4 is 0 Å². The molecule has 2 nitrogen and oxygen atoms in total. The minimum atomic E-state index is 0.644. The van der Waals surface area contributed by atoms with Crippen molar-refractivity contribution in [2.45, 2.75) is 168 Å². The van der Waals surface area contributed by atoms with E-state index in [0.717, 1.165) is 0 Å². The summed E-state index contributed by atoms with van der Waals surface area (Å²) in [5.41, 5.74) is 0. The van der Waals surface area contributed by atoms with Crippen LogP contribution in [0.4, 0.5) is 0 Å². The second-order valence-corrected chi connectivity index (χ2v) is 10.4. The zero-order chi connectivity index (χ0) is 23.1. The highest BCUT2D eigenvalue weighted by atomic mass is 15.4. The molecule has 0 aromatic heterocycles. The van der Waals surface area contributed by atoms with Gasteiger partial charge in [-0.15, -0.1) is 0 Å². The molecule has 0 radical (unpaired) electrons. The standard InChI is InChI=1S/C30H60N2/c1-4-7-10-11-12-13-14-15-16-17-18-19-20-21-24-27-32-29-28-31(26-23-9-6-3)30(32)25-22-8-5-2/h28-30H,4-27H2,1-3H3. The maximum atomic E-state index is 2.66. The van der Waals surface area contributed by atoms with E-state index in [2.05, 4.69) is 43.0 Å². The van der Waals surface area contributed by atoms with Crippen molar-refractivity contribution in [2.24, 2.45) is 0 Å². The quantitative estimate of drug-likeness (QED) is 0.135. The van der Waals surface area contributed by atoms with Gasteiger partial charge in [-0.25, -0.2) is 0 Å². The van der Waals surface area contributed by atoms with Gasteiger partial charge in [0.2, 0.25) is 0 Å². The topological polar surface area (TPSA) is 6.48 Å². The Hall–Kier alpha value is -0.660. The van der Waals surface area contributed by atoms with Crippen molar-refractivity contribution >= 4 is 0 Å². The Labute approximate surface area is 203 Å². The van der Waals surface area contributed by atoms with Gasteiger partial charge < -0.3 is 9.80 Å². The molecule has 1 atom stereocenters. The number of hydrogen-bond donors (Lipinski definition) is 0. The molecule has 1 rings (SSSR count). The van der Waals surface area contributed by atoms with Crippen LogP contribution in [-0.4, -0.2) is 29.1 Å². The predicted molar refractivity (Wildman–Crippen MR) is 145 cm³/mol. The minimum Gasteiger partial charge on any atom is -0.356 e. The van der Waals surface area contributed by atoms with E-state index in [1.54, 1.807) is 0 Å². The third-order valence-electron chi connectivity index (χ3n) is 7.32. The first-order chi connectivity index (χ1) is 15.8. The number of unbranched alkanes of at least 4 members (excludes halogenated alkanes) is 18. The minimum absolute atomic E-state index is 0.644. The molecular formula is C30H60N2. The normalized spacial score (nSPS) is 15.9. The maximum absolute atomic E-state index is 2.66. The number of rotatable bonds is 24. The second kappa shape index (κ2) is 22.1. The smallest absolute Gasteiger partial charge is 0.101 e. The first-order valence-corrected chi connectivity index (χ1v) is 15.0. The molecule has 0 amide bonds. The van der Waals surface area contributed by atoms with E-state index in [1.165, 1.54) is 154 Å². The fraction of sp³-hybridized carbons (Fsp3) is 0.933. The average molecular weight is 449 g/mol. The van der Waals surface area contributed by atoms with Crippen LogP contribution in [-0.2, 0) is 0 Å². The van der Waals surface area contributed by atoms with Gasteiger partial charge in [0.1, 0.15) is 6.17 Å². The summed E-state index contributed by atoms with van der Waals surface area (Å²) in [5.74, 6) is 0. The lowest BCUT2D eigenvalue weighted by Crippen LogP contribution is -2.39.